The van der Waals surface area contributed by atoms with Gasteiger partial charge >= 0.3 is 0 Å². The third-order valence-corrected chi connectivity index (χ3v) is 6.91. The van der Waals surface area contributed by atoms with E-state index in [0.29, 0.717) is 18.9 Å². The summed E-state index contributed by atoms with van der Waals surface area (Å²) in [5, 5.41) is 10.0. The van der Waals surface area contributed by atoms with Crippen LogP contribution in [0.1, 0.15) is 42.1 Å². The fraction of sp³-hybridized carbons (Fsp3) is 0.360. The molecule has 0 saturated heterocycles. The van der Waals surface area contributed by atoms with E-state index in [1.807, 2.05) is 52.9 Å². The highest BCUT2D eigenvalue weighted by Crippen LogP contribution is 2.32. The van der Waals surface area contributed by atoms with E-state index >= 15 is 0 Å². The number of carbonyl (C=O) groups is 1. The average Bonchev–Trinajstić information content (AvgIpc) is 3.33. The summed E-state index contributed by atoms with van der Waals surface area (Å²) < 4.78 is 1.90. The monoisotopic (exact) mass is 460 g/mol. The maximum atomic E-state index is 12.5. The highest BCUT2D eigenvalue weighted by Gasteiger charge is 2.25. The second-order valence-corrected chi connectivity index (χ2v) is 10.1. The first-order chi connectivity index (χ1) is 15.9. The van der Waals surface area contributed by atoms with E-state index in [1.54, 1.807) is 11.3 Å². The number of thiazole rings is 1. The molecule has 0 saturated carbocycles. The molecule has 1 aliphatic heterocycles. The fourth-order valence-corrected chi connectivity index (χ4v) is 5.40. The van der Waals surface area contributed by atoms with Crippen molar-refractivity contribution in [3.8, 4) is 5.69 Å². The standard InChI is InChI=1S/C25H28N6OS/c1-15(2)12-22(32)30-11-10-19-20(14-30)33-25(26-19)28-21-13-16(3)23-17(4)29-31(24(23)27-21)18-8-6-5-7-9-18/h5-9,13,15H,10-12,14H2,1-4H3,(H,26,27,28). The van der Waals surface area contributed by atoms with Gasteiger partial charge < -0.3 is 10.2 Å². The SMILES string of the molecule is Cc1cc(Nc2nc3c(s2)CN(C(=O)CC(C)C)CC3)nc2c1c(C)nn2-c1ccccc1. The molecule has 5 rings (SSSR count). The van der Waals surface area contributed by atoms with Crippen molar-refractivity contribution in [2.75, 3.05) is 11.9 Å². The largest absolute Gasteiger partial charge is 0.337 e. The molecule has 0 atom stereocenters. The van der Waals surface area contributed by atoms with Crippen molar-refractivity contribution in [3.63, 3.8) is 0 Å². The van der Waals surface area contributed by atoms with Crippen LogP contribution in [0.4, 0.5) is 10.9 Å². The number of benzene rings is 1. The molecular formula is C25H28N6OS. The van der Waals surface area contributed by atoms with E-state index in [0.717, 1.165) is 62.5 Å². The van der Waals surface area contributed by atoms with Gasteiger partial charge in [0, 0.05) is 29.6 Å². The van der Waals surface area contributed by atoms with Gasteiger partial charge in [0.15, 0.2) is 10.8 Å². The van der Waals surface area contributed by atoms with Crippen LogP contribution in [-0.2, 0) is 17.8 Å². The molecule has 8 heteroatoms. The van der Waals surface area contributed by atoms with Crippen molar-refractivity contribution in [1.82, 2.24) is 24.6 Å². The number of rotatable bonds is 5. The first-order valence-corrected chi connectivity index (χ1v) is 12.2. The lowest BCUT2D eigenvalue weighted by atomic mass is 10.1. The highest BCUT2D eigenvalue weighted by molar-refractivity contribution is 7.15. The Bertz CT molecular complexity index is 1320. The number of hydrogen-bond donors (Lipinski definition) is 1. The molecule has 1 amide bonds. The van der Waals surface area contributed by atoms with Crippen LogP contribution in [0, 0.1) is 19.8 Å². The molecule has 33 heavy (non-hydrogen) atoms. The van der Waals surface area contributed by atoms with Crippen molar-refractivity contribution >= 4 is 39.2 Å². The Labute approximate surface area is 197 Å². The second-order valence-electron chi connectivity index (χ2n) is 9.03. The van der Waals surface area contributed by atoms with Crippen molar-refractivity contribution in [2.24, 2.45) is 5.92 Å². The van der Waals surface area contributed by atoms with Gasteiger partial charge in [0.1, 0.15) is 5.82 Å². The van der Waals surface area contributed by atoms with Gasteiger partial charge in [0.2, 0.25) is 5.91 Å². The lowest BCUT2D eigenvalue weighted by Gasteiger charge is -2.26. The predicted molar refractivity (Wildman–Crippen MR) is 132 cm³/mol. The summed E-state index contributed by atoms with van der Waals surface area (Å²) in [6, 6.07) is 12.1. The van der Waals surface area contributed by atoms with Crippen LogP contribution in [0.25, 0.3) is 16.7 Å². The molecule has 1 aromatic carbocycles. The summed E-state index contributed by atoms with van der Waals surface area (Å²) in [4.78, 5) is 25.3. The third kappa shape index (κ3) is 4.23. The maximum Gasteiger partial charge on any atom is 0.223 e. The Hall–Kier alpha value is -3.26. The summed E-state index contributed by atoms with van der Waals surface area (Å²) in [5.74, 6) is 1.34. The Morgan fingerprint density at radius 3 is 2.73 bits per heavy atom. The number of nitrogens with zero attached hydrogens (tertiary/aromatic N) is 5. The first-order valence-electron chi connectivity index (χ1n) is 11.3. The zero-order valence-corrected chi connectivity index (χ0v) is 20.2. The van der Waals surface area contributed by atoms with E-state index < -0.39 is 0 Å². The summed E-state index contributed by atoms with van der Waals surface area (Å²) in [7, 11) is 0. The van der Waals surface area contributed by atoms with Gasteiger partial charge in [-0.1, -0.05) is 43.4 Å². The molecule has 0 aliphatic carbocycles. The molecule has 170 valence electrons. The van der Waals surface area contributed by atoms with E-state index in [4.69, 9.17) is 15.1 Å². The van der Waals surface area contributed by atoms with Crippen LogP contribution in [0.3, 0.4) is 0 Å². The Balaban J connectivity index is 1.43. The molecule has 4 aromatic rings. The van der Waals surface area contributed by atoms with E-state index in [-0.39, 0.29) is 5.91 Å². The topological polar surface area (TPSA) is 75.9 Å². The predicted octanol–water partition coefficient (Wildman–Crippen LogP) is 5.17. The number of fused-ring (bicyclic) bond motifs is 2. The zero-order valence-electron chi connectivity index (χ0n) is 19.4. The minimum absolute atomic E-state index is 0.228. The van der Waals surface area contributed by atoms with Gasteiger partial charge in [-0.05, 0) is 43.5 Å². The van der Waals surface area contributed by atoms with E-state index in [2.05, 4.69) is 26.1 Å². The van der Waals surface area contributed by atoms with Gasteiger partial charge in [-0.3, -0.25) is 4.79 Å². The maximum absolute atomic E-state index is 12.5. The number of carbonyl (C=O) groups excluding carboxylic acids is 1. The number of nitrogens with one attached hydrogen (secondary N) is 1. The number of anilines is 2. The average molecular weight is 461 g/mol. The fourth-order valence-electron chi connectivity index (χ4n) is 4.37. The Morgan fingerprint density at radius 2 is 1.97 bits per heavy atom. The smallest absolute Gasteiger partial charge is 0.223 e. The van der Waals surface area contributed by atoms with Gasteiger partial charge in [0.05, 0.1) is 23.6 Å². The molecule has 0 radical (unpaired) electrons. The van der Waals surface area contributed by atoms with Crippen molar-refractivity contribution < 1.29 is 4.79 Å². The Kier molecular flexibility index (Phi) is 5.62. The van der Waals surface area contributed by atoms with Crippen LogP contribution in [0.5, 0.6) is 0 Å². The number of para-hydroxylation sites is 1. The molecule has 7 nitrogen and oxygen atoms in total. The molecule has 0 bridgehead atoms. The second kappa shape index (κ2) is 8.59. The summed E-state index contributed by atoms with van der Waals surface area (Å²) in [5.41, 5.74) is 4.97. The molecular weight excluding hydrogens is 432 g/mol. The molecule has 3 aromatic heterocycles. The number of aromatic nitrogens is 4. The van der Waals surface area contributed by atoms with Crippen LogP contribution in [0.2, 0.25) is 0 Å². The van der Waals surface area contributed by atoms with Crippen LogP contribution in [-0.4, -0.2) is 37.1 Å². The minimum atomic E-state index is 0.228. The number of amides is 1. The van der Waals surface area contributed by atoms with Crippen molar-refractivity contribution in [1.29, 1.82) is 0 Å². The third-order valence-electron chi connectivity index (χ3n) is 5.91. The van der Waals surface area contributed by atoms with Gasteiger partial charge in [0.25, 0.3) is 0 Å². The summed E-state index contributed by atoms with van der Waals surface area (Å²) in [6.45, 7) is 9.65. The van der Waals surface area contributed by atoms with Crippen LogP contribution >= 0.6 is 11.3 Å². The highest BCUT2D eigenvalue weighted by atomic mass is 32.1. The summed E-state index contributed by atoms with van der Waals surface area (Å²) >= 11 is 1.61. The minimum Gasteiger partial charge on any atom is -0.337 e. The molecule has 0 fully saturated rings. The van der Waals surface area contributed by atoms with E-state index in [1.165, 1.54) is 0 Å². The molecule has 1 aliphatic rings. The number of hydrogen-bond acceptors (Lipinski definition) is 6. The van der Waals surface area contributed by atoms with Gasteiger partial charge in [-0.15, -0.1) is 0 Å². The molecule has 1 N–H and O–H groups in total. The number of pyridine rings is 1. The van der Waals surface area contributed by atoms with Crippen molar-refractivity contribution in [3.05, 3.63) is 58.2 Å². The lowest BCUT2D eigenvalue weighted by Crippen LogP contribution is -2.36. The normalized spacial score (nSPS) is 13.5. The van der Waals surface area contributed by atoms with Crippen LogP contribution < -0.4 is 5.32 Å². The molecule has 0 unspecified atom stereocenters. The van der Waals surface area contributed by atoms with Crippen LogP contribution in [0.15, 0.2) is 36.4 Å². The number of aryl methyl sites for hydroxylation is 2. The van der Waals surface area contributed by atoms with Gasteiger partial charge in [-0.25, -0.2) is 14.6 Å². The van der Waals surface area contributed by atoms with Gasteiger partial charge in [-0.2, -0.15) is 5.10 Å². The molecule has 0 spiro atoms. The van der Waals surface area contributed by atoms with E-state index in [9.17, 15) is 4.79 Å². The zero-order chi connectivity index (χ0) is 23.1. The summed E-state index contributed by atoms with van der Waals surface area (Å²) in [6.07, 6.45) is 1.39. The lowest BCUT2D eigenvalue weighted by molar-refractivity contribution is -0.132. The quantitative estimate of drug-likeness (QED) is 0.445. The molecule has 4 heterocycles. The van der Waals surface area contributed by atoms with Crippen molar-refractivity contribution in [2.45, 2.75) is 47.1 Å². The first kappa shape index (κ1) is 21.6. The Morgan fingerprint density at radius 1 is 1.18 bits per heavy atom.